The largest absolute Gasteiger partial charge is 0.387 e. The van der Waals surface area contributed by atoms with Crippen molar-refractivity contribution in [3.8, 4) is 0 Å². The number of aromatic nitrogens is 2. The SMILES string of the molecule is Cc1nc(N(C)C)sc1C(=O)NCC(O)c1ccncc1. The highest BCUT2D eigenvalue weighted by Crippen LogP contribution is 2.24. The molecule has 0 fully saturated rings. The van der Waals surface area contributed by atoms with Gasteiger partial charge in [-0.1, -0.05) is 11.3 Å². The summed E-state index contributed by atoms with van der Waals surface area (Å²) in [6, 6.07) is 3.44. The summed E-state index contributed by atoms with van der Waals surface area (Å²) in [6.45, 7) is 1.95. The van der Waals surface area contributed by atoms with Gasteiger partial charge in [0.15, 0.2) is 5.13 Å². The van der Waals surface area contributed by atoms with Gasteiger partial charge in [0.25, 0.3) is 5.91 Å². The van der Waals surface area contributed by atoms with Crippen LogP contribution in [-0.2, 0) is 0 Å². The molecular formula is C14H18N4O2S. The van der Waals surface area contributed by atoms with Gasteiger partial charge in [0, 0.05) is 33.0 Å². The predicted molar refractivity (Wildman–Crippen MR) is 82.7 cm³/mol. The van der Waals surface area contributed by atoms with E-state index in [4.69, 9.17) is 0 Å². The monoisotopic (exact) mass is 306 g/mol. The minimum atomic E-state index is -0.751. The summed E-state index contributed by atoms with van der Waals surface area (Å²) >= 11 is 1.33. The number of aryl methyl sites for hydroxylation is 1. The standard InChI is InChI=1S/C14H18N4O2S/c1-9-12(21-14(17-9)18(2)3)13(20)16-8-11(19)10-4-6-15-7-5-10/h4-7,11,19H,8H2,1-3H3,(H,16,20). The predicted octanol–water partition coefficient (Wildman–Crippen LogP) is 1.38. The third kappa shape index (κ3) is 3.77. The maximum absolute atomic E-state index is 12.2. The maximum atomic E-state index is 12.2. The molecule has 2 heterocycles. The summed E-state index contributed by atoms with van der Waals surface area (Å²) in [6.07, 6.45) is 2.47. The van der Waals surface area contributed by atoms with Crippen molar-refractivity contribution >= 4 is 22.4 Å². The van der Waals surface area contributed by atoms with Crippen LogP contribution in [0.25, 0.3) is 0 Å². The Labute approximate surface area is 127 Å². The number of nitrogens with one attached hydrogen (secondary N) is 1. The Kier molecular flexibility index (Phi) is 4.87. The third-order valence-corrected chi connectivity index (χ3v) is 4.24. The van der Waals surface area contributed by atoms with Crippen molar-refractivity contribution < 1.29 is 9.90 Å². The molecule has 0 spiro atoms. The Morgan fingerprint density at radius 1 is 1.43 bits per heavy atom. The zero-order chi connectivity index (χ0) is 15.4. The van der Waals surface area contributed by atoms with Crippen LogP contribution in [0.2, 0.25) is 0 Å². The number of rotatable bonds is 5. The molecular weight excluding hydrogens is 288 g/mol. The van der Waals surface area contributed by atoms with Crippen molar-refractivity contribution in [2.75, 3.05) is 25.5 Å². The molecule has 1 amide bonds. The van der Waals surface area contributed by atoms with Gasteiger partial charge in [-0.15, -0.1) is 0 Å². The van der Waals surface area contributed by atoms with E-state index in [-0.39, 0.29) is 12.5 Å². The van der Waals surface area contributed by atoms with Crippen LogP contribution in [0.5, 0.6) is 0 Å². The van der Waals surface area contributed by atoms with Crippen LogP contribution >= 0.6 is 11.3 Å². The number of carbonyl (C=O) groups is 1. The molecule has 2 aromatic rings. The minimum Gasteiger partial charge on any atom is -0.387 e. The topological polar surface area (TPSA) is 78.4 Å². The Balaban J connectivity index is 1.99. The molecule has 2 rings (SSSR count). The molecule has 0 aliphatic heterocycles. The van der Waals surface area contributed by atoms with Crippen LogP contribution in [0.4, 0.5) is 5.13 Å². The van der Waals surface area contributed by atoms with E-state index in [1.807, 2.05) is 19.0 Å². The average molecular weight is 306 g/mol. The highest BCUT2D eigenvalue weighted by Gasteiger charge is 2.17. The summed E-state index contributed by atoms with van der Waals surface area (Å²) in [7, 11) is 3.76. The molecule has 0 aliphatic carbocycles. The molecule has 1 atom stereocenters. The fourth-order valence-electron chi connectivity index (χ4n) is 1.76. The number of hydrogen-bond donors (Lipinski definition) is 2. The molecule has 0 aromatic carbocycles. The van der Waals surface area contributed by atoms with Crippen molar-refractivity contribution in [1.29, 1.82) is 0 Å². The second kappa shape index (κ2) is 6.64. The van der Waals surface area contributed by atoms with Crippen molar-refractivity contribution in [2.45, 2.75) is 13.0 Å². The van der Waals surface area contributed by atoms with Crippen molar-refractivity contribution in [1.82, 2.24) is 15.3 Å². The number of thiazole rings is 1. The molecule has 1 unspecified atom stereocenters. The van der Waals surface area contributed by atoms with Gasteiger partial charge in [0.2, 0.25) is 0 Å². The highest BCUT2D eigenvalue weighted by atomic mass is 32.1. The lowest BCUT2D eigenvalue weighted by atomic mass is 10.1. The van der Waals surface area contributed by atoms with Gasteiger partial charge in [-0.3, -0.25) is 9.78 Å². The molecule has 0 saturated heterocycles. The first-order chi connectivity index (χ1) is 9.99. The highest BCUT2D eigenvalue weighted by molar-refractivity contribution is 7.17. The van der Waals surface area contributed by atoms with Crippen molar-refractivity contribution in [3.63, 3.8) is 0 Å². The van der Waals surface area contributed by atoms with E-state index in [1.165, 1.54) is 11.3 Å². The van der Waals surface area contributed by atoms with E-state index in [9.17, 15) is 9.90 Å². The molecule has 6 nitrogen and oxygen atoms in total. The first-order valence-corrected chi connectivity index (χ1v) is 7.31. The Morgan fingerprint density at radius 2 is 2.10 bits per heavy atom. The smallest absolute Gasteiger partial charge is 0.263 e. The Bertz CT molecular complexity index is 613. The number of nitrogens with zero attached hydrogens (tertiary/aromatic N) is 3. The normalized spacial score (nSPS) is 12.0. The second-order valence-electron chi connectivity index (χ2n) is 4.81. The van der Waals surface area contributed by atoms with Crippen LogP contribution in [0.15, 0.2) is 24.5 Å². The number of carbonyl (C=O) groups excluding carboxylic acids is 1. The van der Waals surface area contributed by atoms with Crippen LogP contribution in [0.1, 0.15) is 27.0 Å². The van der Waals surface area contributed by atoms with Gasteiger partial charge in [-0.05, 0) is 24.6 Å². The first kappa shape index (κ1) is 15.4. The lowest BCUT2D eigenvalue weighted by Gasteiger charge is -2.11. The maximum Gasteiger partial charge on any atom is 0.263 e. The number of hydrogen-bond acceptors (Lipinski definition) is 6. The summed E-state index contributed by atoms with van der Waals surface area (Å²) < 4.78 is 0. The van der Waals surface area contributed by atoms with E-state index in [1.54, 1.807) is 31.5 Å². The minimum absolute atomic E-state index is 0.150. The van der Waals surface area contributed by atoms with Crippen LogP contribution in [-0.4, -0.2) is 41.6 Å². The zero-order valence-electron chi connectivity index (χ0n) is 12.2. The first-order valence-electron chi connectivity index (χ1n) is 6.50. The molecule has 0 radical (unpaired) electrons. The Hall–Kier alpha value is -1.99. The van der Waals surface area contributed by atoms with Gasteiger partial charge in [0.05, 0.1) is 11.8 Å². The van der Waals surface area contributed by atoms with Crippen LogP contribution in [0, 0.1) is 6.92 Å². The fraction of sp³-hybridized carbons (Fsp3) is 0.357. The van der Waals surface area contributed by atoms with Gasteiger partial charge in [0.1, 0.15) is 4.88 Å². The van der Waals surface area contributed by atoms with E-state index in [0.717, 1.165) is 10.7 Å². The molecule has 0 saturated carbocycles. The van der Waals surface area contributed by atoms with E-state index < -0.39 is 6.10 Å². The number of aliphatic hydroxyl groups is 1. The number of anilines is 1. The van der Waals surface area contributed by atoms with E-state index in [0.29, 0.717) is 10.6 Å². The zero-order valence-corrected chi connectivity index (χ0v) is 13.0. The molecule has 0 bridgehead atoms. The summed E-state index contributed by atoms with van der Waals surface area (Å²) in [5, 5.41) is 13.5. The summed E-state index contributed by atoms with van der Waals surface area (Å²) in [5.41, 5.74) is 1.42. The van der Waals surface area contributed by atoms with Crippen LogP contribution in [0.3, 0.4) is 0 Å². The average Bonchev–Trinajstić information content (AvgIpc) is 2.87. The van der Waals surface area contributed by atoms with Gasteiger partial charge < -0.3 is 15.3 Å². The summed E-state index contributed by atoms with van der Waals surface area (Å²) in [4.78, 5) is 22.8. The lowest BCUT2D eigenvalue weighted by molar-refractivity contribution is 0.0919. The van der Waals surface area contributed by atoms with Gasteiger partial charge in [-0.25, -0.2) is 4.98 Å². The van der Waals surface area contributed by atoms with Gasteiger partial charge >= 0.3 is 0 Å². The van der Waals surface area contributed by atoms with Crippen molar-refractivity contribution in [3.05, 3.63) is 40.7 Å². The van der Waals surface area contributed by atoms with Gasteiger partial charge in [-0.2, -0.15) is 0 Å². The van der Waals surface area contributed by atoms with E-state index >= 15 is 0 Å². The molecule has 0 aliphatic rings. The number of pyridine rings is 1. The quantitative estimate of drug-likeness (QED) is 0.872. The van der Waals surface area contributed by atoms with Crippen molar-refractivity contribution in [2.24, 2.45) is 0 Å². The molecule has 21 heavy (non-hydrogen) atoms. The third-order valence-electron chi connectivity index (χ3n) is 2.92. The summed E-state index contributed by atoms with van der Waals surface area (Å²) in [5.74, 6) is -0.216. The lowest BCUT2D eigenvalue weighted by Crippen LogP contribution is -2.28. The van der Waals surface area contributed by atoms with Crippen LogP contribution < -0.4 is 10.2 Å². The van der Waals surface area contributed by atoms with E-state index in [2.05, 4.69) is 15.3 Å². The fourth-order valence-corrected chi connectivity index (χ4v) is 2.66. The number of aliphatic hydroxyl groups excluding tert-OH is 1. The molecule has 112 valence electrons. The molecule has 2 aromatic heterocycles. The molecule has 7 heteroatoms. The number of amides is 1. The molecule has 2 N–H and O–H groups in total. The Morgan fingerprint density at radius 3 is 2.67 bits per heavy atom. The second-order valence-corrected chi connectivity index (χ2v) is 5.79.